The number of aromatic nitrogens is 1. The minimum absolute atomic E-state index is 0.0254. The SMILES string of the molecule is OC/C=C/c1c(-c2ccc3ccccc3c2)ccnc1Cl. The van der Waals surface area contributed by atoms with Crippen molar-refractivity contribution >= 4 is 28.4 Å². The van der Waals surface area contributed by atoms with Gasteiger partial charge in [0.2, 0.25) is 0 Å². The summed E-state index contributed by atoms with van der Waals surface area (Å²) in [6, 6.07) is 16.5. The summed E-state index contributed by atoms with van der Waals surface area (Å²) in [6.45, 7) is -0.0254. The highest BCUT2D eigenvalue weighted by atomic mass is 35.5. The molecule has 0 atom stereocenters. The van der Waals surface area contributed by atoms with Gasteiger partial charge in [0.05, 0.1) is 6.61 Å². The van der Waals surface area contributed by atoms with E-state index in [4.69, 9.17) is 16.7 Å². The largest absolute Gasteiger partial charge is 0.392 e. The molecule has 104 valence electrons. The van der Waals surface area contributed by atoms with Crippen LogP contribution < -0.4 is 0 Å². The third-order valence-electron chi connectivity index (χ3n) is 3.39. The molecule has 3 aromatic rings. The van der Waals surface area contributed by atoms with Crippen molar-refractivity contribution in [1.29, 1.82) is 0 Å². The van der Waals surface area contributed by atoms with E-state index < -0.39 is 0 Å². The lowest BCUT2D eigenvalue weighted by Crippen LogP contribution is -1.88. The third kappa shape index (κ3) is 2.82. The Morgan fingerprint density at radius 3 is 2.67 bits per heavy atom. The molecule has 2 aromatic carbocycles. The molecular formula is C18H14ClNO. The van der Waals surface area contributed by atoms with E-state index >= 15 is 0 Å². The fraction of sp³-hybridized carbons (Fsp3) is 0.0556. The van der Waals surface area contributed by atoms with Crippen LogP contribution in [0.5, 0.6) is 0 Å². The summed E-state index contributed by atoms with van der Waals surface area (Å²) in [7, 11) is 0. The van der Waals surface area contributed by atoms with Crippen molar-refractivity contribution in [2.45, 2.75) is 0 Å². The summed E-state index contributed by atoms with van der Waals surface area (Å²) < 4.78 is 0. The molecule has 0 aliphatic carbocycles. The predicted octanol–water partition coefficient (Wildman–Crippen LogP) is 4.56. The van der Waals surface area contributed by atoms with E-state index in [1.54, 1.807) is 18.3 Å². The quantitative estimate of drug-likeness (QED) is 0.719. The predicted molar refractivity (Wildman–Crippen MR) is 88.3 cm³/mol. The summed E-state index contributed by atoms with van der Waals surface area (Å²) in [5.41, 5.74) is 2.91. The van der Waals surface area contributed by atoms with Gasteiger partial charge < -0.3 is 5.11 Å². The van der Waals surface area contributed by atoms with E-state index in [1.165, 1.54) is 10.8 Å². The first-order chi connectivity index (χ1) is 10.3. The van der Waals surface area contributed by atoms with Crippen LogP contribution in [0.2, 0.25) is 5.15 Å². The zero-order valence-corrected chi connectivity index (χ0v) is 12.1. The minimum Gasteiger partial charge on any atom is -0.392 e. The molecule has 0 bridgehead atoms. The van der Waals surface area contributed by atoms with E-state index in [-0.39, 0.29) is 6.61 Å². The maximum atomic E-state index is 8.97. The number of hydrogen-bond acceptors (Lipinski definition) is 2. The molecule has 0 aliphatic rings. The maximum absolute atomic E-state index is 8.97. The van der Waals surface area contributed by atoms with Crippen LogP contribution in [0.3, 0.4) is 0 Å². The maximum Gasteiger partial charge on any atom is 0.136 e. The molecule has 0 radical (unpaired) electrons. The zero-order chi connectivity index (χ0) is 14.7. The first-order valence-corrected chi connectivity index (χ1v) is 7.08. The van der Waals surface area contributed by atoms with Gasteiger partial charge in [0, 0.05) is 11.8 Å². The summed E-state index contributed by atoms with van der Waals surface area (Å²) >= 11 is 6.19. The van der Waals surface area contributed by atoms with Crippen molar-refractivity contribution in [3.05, 3.63) is 71.5 Å². The second-order valence-electron chi connectivity index (χ2n) is 4.71. The average molecular weight is 296 g/mol. The van der Waals surface area contributed by atoms with Gasteiger partial charge in [-0.15, -0.1) is 0 Å². The van der Waals surface area contributed by atoms with Crippen molar-refractivity contribution in [2.24, 2.45) is 0 Å². The fourth-order valence-corrected chi connectivity index (χ4v) is 2.61. The zero-order valence-electron chi connectivity index (χ0n) is 11.3. The van der Waals surface area contributed by atoms with Gasteiger partial charge in [-0.3, -0.25) is 0 Å². The molecule has 1 N–H and O–H groups in total. The summed E-state index contributed by atoms with van der Waals surface area (Å²) in [5.74, 6) is 0. The monoisotopic (exact) mass is 295 g/mol. The van der Waals surface area contributed by atoms with Crippen LogP contribution in [0.4, 0.5) is 0 Å². The Labute approximate surface area is 128 Å². The van der Waals surface area contributed by atoms with Crippen molar-refractivity contribution in [3.8, 4) is 11.1 Å². The lowest BCUT2D eigenvalue weighted by Gasteiger charge is -2.09. The number of fused-ring (bicyclic) bond motifs is 1. The fourth-order valence-electron chi connectivity index (χ4n) is 2.39. The molecule has 21 heavy (non-hydrogen) atoms. The molecular weight excluding hydrogens is 282 g/mol. The molecule has 0 saturated carbocycles. The van der Waals surface area contributed by atoms with Crippen molar-refractivity contribution in [3.63, 3.8) is 0 Å². The number of aliphatic hydroxyl groups is 1. The van der Waals surface area contributed by atoms with Crippen LogP contribution in [0.1, 0.15) is 5.56 Å². The summed E-state index contributed by atoms with van der Waals surface area (Å²) in [4.78, 5) is 4.11. The molecule has 1 heterocycles. The number of halogens is 1. The normalized spacial score (nSPS) is 11.3. The number of hydrogen-bond donors (Lipinski definition) is 1. The van der Waals surface area contributed by atoms with E-state index in [1.807, 2.05) is 18.2 Å². The Bertz CT molecular complexity index is 811. The summed E-state index contributed by atoms with van der Waals surface area (Å²) in [6.07, 6.45) is 5.16. The van der Waals surface area contributed by atoms with Crippen LogP contribution in [-0.4, -0.2) is 16.7 Å². The molecule has 0 unspecified atom stereocenters. The topological polar surface area (TPSA) is 33.1 Å². The highest BCUT2D eigenvalue weighted by molar-refractivity contribution is 6.31. The van der Waals surface area contributed by atoms with Gasteiger partial charge in [0.25, 0.3) is 0 Å². The standard InChI is InChI=1S/C18H14ClNO/c19-18-17(6-3-11-21)16(9-10-20-18)15-8-7-13-4-1-2-5-14(13)12-15/h1-10,12,21H,11H2/b6-3+. The lowest BCUT2D eigenvalue weighted by atomic mass is 9.98. The van der Waals surface area contributed by atoms with Gasteiger partial charge in [-0.1, -0.05) is 60.2 Å². The van der Waals surface area contributed by atoms with E-state index in [9.17, 15) is 0 Å². The number of pyridine rings is 1. The van der Waals surface area contributed by atoms with Gasteiger partial charge in [-0.2, -0.15) is 0 Å². The van der Waals surface area contributed by atoms with Crippen LogP contribution in [0.15, 0.2) is 60.8 Å². The Balaban J connectivity index is 2.18. The van der Waals surface area contributed by atoms with Gasteiger partial charge in [-0.05, 0) is 34.0 Å². The van der Waals surface area contributed by atoms with Crippen molar-refractivity contribution in [2.75, 3.05) is 6.61 Å². The first-order valence-electron chi connectivity index (χ1n) is 6.70. The van der Waals surface area contributed by atoms with E-state index in [0.29, 0.717) is 5.15 Å². The molecule has 3 heteroatoms. The smallest absolute Gasteiger partial charge is 0.136 e. The van der Waals surface area contributed by atoms with Gasteiger partial charge in [-0.25, -0.2) is 4.98 Å². The molecule has 3 rings (SSSR count). The Morgan fingerprint density at radius 1 is 1.05 bits per heavy atom. The van der Waals surface area contributed by atoms with E-state index in [2.05, 4.69) is 35.3 Å². The molecule has 0 aliphatic heterocycles. The Hall–Kier alpha value is -2.16. The Kier molecular flexibility index (Phi) is 4.00. The van der Waals surface area contributed by atoms with E-state index in [0.717, 1.165) is 16.7 Å². The number of aliphatic hydroxyl groups excluding tert-OH is 1. The third-order valence-corrected chi connectivity index (χ3v) is 3.69. The van der Waals surface area contributed by atoms with Gasteiger partial charge in [0.1, 0.15) is 5.15 Å². The van der Waals surface area contributed by atoms with Gasteiger partial charge >= 0.3 is 0 Å². The average Bonchev–Trinajstić information content (AvgIpc) is 2.53. The second kappa shape index (κ2) is 6.08. The number of nitrogens with zero attached hydrogens (tertiary/aromatic N) is 1. The summed E-state index contributed by atoms with van der Waals surface area (Å²) in [5, 5.41) is 11.8. The highest BCUT2D eigenvalue weighted by Crippen LogP contribution is 2.30. The molecule has 0 spiro atoms. The van der Waals surface area contributed by atoms with Crippen LogP contribution >= 0.6 is 11.6 Å². The molecule has 0 fully saturated rings. The second-order valence-corrected chi connectivity index (χ2v) is 5.07. The molecule has 0 saturated heterocycles. The highest BCUT2D eigenvalue weighted by Gasteiger charge is 2.08. The molecule has 1 aromatic heterocycles. The lowest BCUT2D eigenvalue weighted by molar-refractivity contribution is 0.343. The minimum atomic E-state index is -0.0254. The van der Waals surface area contributed by atoms with Gasteiger partial charge in [0.15, 0.2) is 0 Å². The van der Waals surface area contributed by atoms with Crippen molar-refractivity contribution < 1.29 is 5.11 Å². The molecule has 2 nitrogen and oxygen atoms in total. The molecule has 0 amide bonds. The number of benzene rings is 2. The van der Waals surface area contributed by atoms with Crippen LogP contribution in [0, 0.1) is 0 Å². The van der Waals surface area contributed by atoms with Crippen LogP contribution in [0.25, 0.3) is 28.0 Å². The number of rotatable bonds is 3. The van der Waals surface area contributed by atoms with Crippen LogP contribution in [-0.2, 0) is 0 Å². The Morgan fingerprint density at radius 2 is 1.86 bits per heavy atom. The van der Waals surface area contributed by atoms with Crippen molar-refractivity contribution in [1.82, 2.24) is 4.98 Å². The first kappa shape index (κ1) is 13.8.